The molecule has 0 saturated carbocycles. The Morgan fingerprint density at radius 3 is 2.46 bits per heavy atom. The maximum Gasteiger partial charge on any atom is 0.167 e. The minimum Gasteiger partial charge on any atom is -0.294 e. The summed E-state index contributed by atoms with van der Waals surface area (Å²) in [5.74, 6) is -0.0823. The molecule has 0 N–H and O–H groups in total. The first kappa shape index (κ1) is 14.8. The van der Waals surface area contributed by atoms with Crippen molar-refractivity contribution in [2.75, 3.05) is 0 Å². The van der Waals surface area contributed by atoms with Gasteiger partial charge in [0.15, 0.2) is 5.78 Å². The van der Waals surface area contributed by atoms with E-state index in [-0.39, 0.29) is 17.5 Å². The Hall–Kier alpha value is -2.75. The molecule has 1 heterocycles. The van der Waals surface area contributed by atoms with Gasteiger partial charge in [0.1, 0.15) is 5.82 Å². The number of halogens is 1. The second kappa shape index (κ2) is 5.71. The molecule has 0 aliphatic heterocycles. The van der Waals surface area contributed by atoms with Crippen molar-refractivity contribution in [3.05, 3.63) is 82.9 Å². The van der Waals surface area contributed by atoms with Crippen molar-refractivity contribution < 1.29 is 9.18 Å². The zero-order valence-corrected chi connectivity index (χ0v) is 13.4. The summed E-state index contributed by atoms with van der Waals surface area (Å²) in [7, 11) is 0. The molecule has 24 heavy (non-hydrogen) atoms. The van der Waals surface area contributed by atoms with Gasteiger partial charge in [-0.1, -0.05) is 30.3 Å². The zero-order valence-electron chi connectivity index (χ0n) is 13.4. The number of fused-ring (bicyclic) bond motifs is 1. The highest BCUT2D eigenvalue weighted by Crippen LogP contribution is 2.35. The van der Waals surface area contributed by atoms with Crippen LogP contribution in [-0.4, -0.2) is 15.6 Å². The first-order chi connectivity index (χ1) is 11.6. The van der Waals surface area contributed by atoms with Gasteiger partial charge in [0.05, 0.1) is 22.6 Å². The second-order valence-electron chi connectivity index (χ2n) is 6.23. The van der Waals surface area contributed by atoms with Gasteiger partial charge in [0.2, 0.25) is 0 Å². The van der Waals surface area contributed by atoms with Gasteiger partial charge in [-0.05, 0) is 49.1 Å². The van der Waals surface area contributed by atoms with E-state index in [1.165, 1.54) is 12.1 Å². The fraction of sp³-hybridized carbons (Fsp3) is 0.200. The summed E-state index contributed by atoms with van der Waals surface area (Å²) in [6, 6.07) is 16.3. The van der Waals surface area contributed by atoms with Crippen molar-refractivity contribution in [1.29, 1.82) is 0 Å². The lowest BCUT2D eigenvalue weighted by Gasteiger charge is -2.23. The molecule has 1 aliphatic carbocycles. The van der Waals surface area contributed by atoms with Crippen molar-refractivity contribution in [2.24, 2.45) is 0 Å². The highest BCUT2D eigenvalue weighted by molar-refractivity contribution is 6.00. The quantitative estimate of drug-likeness (QED) is 0.708. The monoisotopic (exact) mass is 320 g/mol. The van der Waals surface area contributed by atoms with Gasteiger partial charge < -0.3 is 0 Å². The molecule has 0 amide bonds. The van der Waals surface area contributed by atoms with Crippen LogP contribution in [0, 0.1) is 12.7 Å². The Labute approximate surface area is 139 Å². The molecule has 3 nitrogen and oxygen atoms in total. The molecular weight excluding hydrogens is 303 g/mol. The van der Waals surface area contributed by atoms with Crippen LogP contribution in [-0.2, 0) is 6.42 Å². The Kier molecular flexibility index (Phi) is 3.53. The molecule has 1 unspecified atom stereocenters. The van der Waals surface area contributed by atoms with E-state index in [1.54, 1.807) is 12.1 Å². The van der Waals surface area contributed by atoms with Gasteiger partial charge >= 0.3 is 0 Å². The average Bonchev–Trinajstić information content (AvgIpc) is 2.93. The largest absolute Gasteiger partial charge is 0.294 e. The maximum absolute atomic E-state index is 13.2. The van der Waals surface area contributed by atoms with Crippen LogP contribution in [0.15, 0.2) is 54.6 Å². The SMILES string of the molecule is Cc1nn(-c2ccccc2)c2c1C(=O)CC(c1ccc(F)cc1)C2. The predicted octanol–water partition coefficient (Wildman–Crippen LogP) is 4.23. The lowest BCUT2D eigenvalue weighted by Crippen LogP contribution is -2.20. The van der Waals surface area contributed by atoms with E-state index >= 15 is 0 Å². The topological polar surface area (TPSA) is 34.9 Å². The number of benzene rings is 2. The molecule has 1 aromatic heterocycles. The number of aryl methyl sites for hydroxylation is 1. The third-order valence-electron chi connectivity index (χ3n) is 4.65. The molecule has 4 rings (SSSR count). The Balaban J connectivity index is 1.79. The van der Waals surface area contributed by atoms with Crippen LogP contribution in [0.5, 0.6) is 0 Å². The molecule has 120 valence electrons. The van der Waals surface area contributed by atoms with Crippen LogP contribution in [0.2, 0.25) is 0 Å². The molecule has 1 aliphatic rings. The number of nitrogens with zero attached hydrogens (tertiary/aromatic N) is 2. The number of para-hydroxylation sites is 1. The molecule has 0 fully saturated rings. The van der Waals surface area contributed by atoms with E-state index in [9.17, 15) is 9.18 Å². The van der Waals surface area contributed by atoms with Gasteiger partial charge in [-0.3, -0.25) is 4.79 Å². The Bertz CT molecular complexity index is 897. The van der Waals surface area contributed by atoms with Gasteiger partial charge in [-0.25, -0.2) is 9.07 Å². The number of carbonyl (C=O) groups is 1. The van der Waals surface area contributed by atoms with E-state index in [0.29, 0.717) is 6.42 Å². The first-order valence-corrected chi connectivity index (χ1v) is 8.06. The van der Waals surface area contributed by atoms with Gasteiger partial charge in [-0.2, -0.15) is 5.10 Å². The molecule has 0 bridgehead atoms. The van der Waals surface area contributed by atoms with Crippen LogP contribution < -0.4 is 0 Å². The summed E-state index contributed by atoms with van der Waals surface area (Å²) in [4.78, 5) is 12.7. The number of hydrogen-bond acceptors (Lipinski definition) is 2. The number of aromatic nitrogens is 2. The van der Waals surface area contributed by atoms with E-state index in [0.717, 1.165) is 34.6 Å². The third kappa shape index (κ3) is 2.44. The van der Waals surface area contributed by atoms with Crippen LogP contribution >= 0.6 is 0 Å². The van der Waals surface area contributed by atoms with Crippen molar-refractivity contribution in [3.8, 4) is 5.69 Å². The van der Waals surface area contributed by atoms with Gasteiger partial charge in [-0.15, -0.1) is 0 Å². The van der Waals surface area contributed by atoms with Gasteiger partial charge in [0, 0.05) is 6.42 Å². The average molecular weight is 320 g/mol. The summed E-state index contributed by atoms with van der Waals surface area (Å²) in [5, 5.41) is 4.59. The fourth-order valence-electron chi connectivity index (χ4n) is 3.51. The number of ketones is 1. The number of rotatable bonds is 2. The summed E-state index contributed by atoms with van der Waals surface area (Å²) in [6.45, 7) is 1.88. The maximum atomic E-state index is 13.2. The van der Waals surface area contributed by atoms with E-state index in [4.69, 9.17) is 0 Å². The van der Waals surface area contributed by atoms with Crippen molar-refractivity contribution in [2.45, 2.75) is 25.7 Å². The van der Waals surface area contributed by atoms with Crippen LogP contribution in [0.3, 0.4) is 0 Å². The number of Topliss-reactive ketones (excluding diaryl/α,β-unsaturated/α-hetero) is 1. The minimum absolute atomic E-state index is 0.0594. The molecule has 3 aromatic rings. The minimum atomic E-state index is -0.258. The van der Waals surface area contributed by atoms with Crippen molar-refractivity contribution in [1.82, 2.24) is 9.78 Å². The highest BCUT2D eigenvalue weighted by atomic mass is 19.1. The van der Waals surface area contributed by atoms with Crippen LogP contribution in [0.25, 0.3) is 5.69 Å². The molecule has 0 saturated heterocycles. The van der Waals surface area contributed by atoms with Gasteiger partial charge in [0.25, 0.3) is 0 Å². The predicted molar refractivity (Wildman–Crippen MR) is 90.1 cm³/mol. The molecule has 2 aromatic carbocycles. The fourth-order valence-corrected chi connectivity index (χ4v) is 3.51. The summed E-state index contributed by atoms with van der Waals surface area (Å²) in [5.41, 5.74) is 4.42. The van der Waals surface area contributed by atoms with E-state index in [2.05, 4.69) is 5.10 Å². The van der Waals surface area contributed by atoms with Crippen LogP contribution in [0.1, 0.15) is 39.6 Å². The summed E-state index contributed by atoms with van der Waals surface area (Å²) in [6.07, 6.45) is 1.17. The summed E-state index contributed by atoms with van der Waals surface area (Å²) < 4.78 is 15.1. The molecule has 0 spiro atoms. The smallest absolute Gasteiger partial charge is 0.167 e. The lowest BCUT2D eigenvalue weighted by atomic mass is 9.81. The Morgan fingerprint density at radius 2 is 1.75 bits per heavy atom. The van der Waals surface area contributed by atoms with E-state index in [1.807, 2.05) is 41.9 Å². The normalized spacial score (nSPS) is 16.9. The van der Waals surface area contributed by atoms with Crippen LogP contribution in [0.4, 0.5) is 4.39 Å². The molecule has 1 atom stereocenters. The van der Waals surface area contributed by atoms with Crippen molar-refractivity contribution in [3.63, 3.8) is 0 Å². The highest BCUT2D eigenvalue weighted by Gasteiger charge is 2.32. The van der Waals surface area contributed by atoms with E-state index < -0.39 is 0 Å². The second-order valence-corrected chi connectivity index (χ2v) is 6.23. The van der Waals surface area contributed by atoms with Crippen molar-refractivity contribution >= 4 is 5.78 Å². The number of hydrogen-bond donors (Lipinski definition) is 0. The molecule has 0 radical (unpaired) electrons. The molecular formula is C20H17FN2O. The standard InChI is InChI=1S/C20H17FN2O/c1-13-20-18(23(22-13)17-5-3-2-4-6-17)11-15(12-19(20)24)14-7-9-16(21)10-8-14/h2-10,15H,11-12H2,1H3. The lowest BCUT2D eigenvalue weighted by molar-refractivity contribution is 0.0963. The number of carbonyl (C=O) groups excluding carboxylic acids is 1. The zero-order chi connectivity index (χ0) is 16.7. The molecule has 4 heteroatoms. The third-order valence-corrected chi connectivity index (χ3v) is 4.65. The Morgan fingerprint density at radius 1 is 1.04 bits per heavy atom. The first-order valence-electron chi connectivity index (χ1n) is 8.06. The summed E-state index contributed by atoms with van der Waals surface area (Å²) >= 11 is 0.